The number of amides is 1. The van der Waals surface area contributed by atoms with Crippen LogP contribution in [0.1, 0.15) is 41.0 Å². The molecule has 0 bridgehead atoms. The van der Waals surface area contributed by atoms with Crippen molar-refractivity contribution in [2.24, 2.45) is 0 Å². The van der Waals surface area contributed by atoms with Gasteiger partial charge in [-0.3, -0.25) is 14.9 Å². The molecule has 1 aliphatic heterocycles. The van der Waals surface area contributed by atoms with E-state index in [2.05, 4.69) is 18.8 Å². The molecule has 0 aromatic carbocycles. The summed E-state index contributed by atoms with van der Waals surface area (Å²) in [6.45, 7) is 12.1. The Hall–Kier alpha value is -2.18. The molecule has 1 fully saturated rings. The second-order valence-corrected chi connectivity index (χ2v) is 4.80. The molecule has 7 heteroatoms. The summed E-state index contributed by atoms with van der Waals surface area (Å²) in [5.74, 6) is 0.413. The average molecular weight is 324 g/mol. The number of pyridine rings is 1. The van der Waals surface area contributed by atoms with Gasteiger partial charge in [-0.15, -0.1) is 0 Å². The van der Waals surface area contributed by atoms with Gasteiger partial charge < -0.3 is 9.80 Å². The Labute approximate surface area is 138 Å². The maximum Gasteiger partial charge on any atom is 0.311 e. The van der Waals surface area contributed by atoms with Crippen molar-refractivity contribution in [3.8, 4) is 0 Å². The number of carbonyl (C=O) groups is 1. The fraction of sp³-hybridized carbons (Fsp3) is 0.625. The maximum atomic E-state index is 11.2. The molecular formula is C16H28N4O3. The molecule has 1 aromatic rings. The number of aromatic nitrogens is 1. The first kappa shape index (κ1) is 20.8. The number of nitrogens with zero attached hydrogens (tertiary/aromatic N) is 4. The quantitative estimate of drug-likeness (QED) is 0.617. The van der Waals surface area contributed by atoms with E-state index < -0.39 is 4.92 Å². The van der Waals surface area contributed by atoms with Crippen LogP contribution in [0.15, 0.2) is 18.3 Å². The third-order valence-electron chi connectivity index (χ3n) is 2.99. The van der Waals surface area contributed by atoms with Gasteiger partial charge in [-0.1, -0.05) is 34.1 Å². The van der Waals surface area contributed by atoms with Crippen molar-refractivity contribution < 1.29 is 9.72 Å². The third-order valence-corrected chi connectivity index (χ3v) is 2.99. The Balaban J connectivity index is 0.000000868. The first-order valence-electron chi connectivity index (χ1n) is 8.11. The lowest BCUT2D eigenvalue weighted by atomic mass is 10.3. The van der Waals surface area contributed by atoms with Gasteiger partial charge in [0.2, 0.25) is 11.7 Å². The lowest BCUT2D eigenvalue weighted by Gasteiger charge is -2.34. The zero-order valence-corrected chi connectivity index (χ0v) is 14.8. The summed E-state index contributed by atoms with van der Waals surface area (Å²) < 4.78 is 0. The second-order valence-electron chi connectivity index (χ2n) is 4.80. The van der Waals surface area contributed by atoms with Crippen molar-refractivity contribution in [1.82, 2.24) is 9.88 Å². The first-order valence-corrected chi connectivity index (χ1v) is 8.11. The van der Waals surface area contributed by atoms with Crippen LogP contribution in [-0.4, -0.2) is 46.9 Å². The van der Waals surface area contributed by atoms with Crippen LogP contribution in [-0.2, 0) is 4.79 Å². The van der Waals surface area contributed by atoms with Crippen molar-refractivity contribution in [3.63, 3.8) is 0 Å². The molecular weight excluding hydrogens is 296 g/mol. The minimum absolute atomic E-state index is 0.00813. The number of rotatable bonds is 2. The fourth-order valence-corrected chi connectivity index (χ4v) is 2.01. The van der Waals surface area contributed by atoms with Gasteiger partial charge in [0.25, 0.3) is 0 Å². The van der Waals surface area contributed by atoms with E-state index in [4.69, 9.17) is 0 Å². The van der Waals surface area contributed by atoms with Crippen LogP contribution in [0.3, 0.4) is 0 Å². The Bertz CT molecular complexity index is 486. The predicted molar refractivity (Wildman–Crippen MR) is 92.7 cm³/mol. The van der Waals surface area contributed by atoms with Crippen molar-refractivity contribution >= 4 is 17.4 Å². The van der Waals surface area contributed by atoms with E-state index in [1.165, 1.54) is 19.4 Å². The number of nitro groups is 1. The van der Waals surface area contributed by atoms with Crippen molar-refractivity contribution in [1.29, 1.82) is 0 Å². The summed E-state index contributed by atoms with van der Waals surface area (Å²) in [7, 11) is 0. The van der Waals surface area contributed by atoms with Gasteiger partial charge in [0, 0.05) is 45.4 Å². The smallest absolute Gasteiger partial charge is 0.311 e. The minimum atomic E-state index is -0.431. The van der Waals surface area contributed by atoms with Gasteiger partial charge in [0.15, 0.2) is 0 Å². The molecule has 23 heavy (non-hydrogen) atoms. The highest BCUT2D eigenvalue weighted by atomic mass is 16.6. The molecule has 0 radical (unpaired) electrons. The molecule has 1 saturated heterocycles. The molecule has 1 aromatic heterocycles. The molecule has 0 unspecified atom stereocenters. The van der Waals surface area contributed by atoms with E-state index in [9.17, 15) is 14.9 Å². The van der Waals surface area contributed by atoms with Crippen LogP contribution in [0, 0.1) is 10.1 Å². The van der Waals surface area contributed by atoms with E-state index in [0.29, 0.717) is 32.0 Å². The highest BCUT2D eigenvalue weighted by molar-refractivity contribution is 5.73. The number of carbonyl (C=O) groups excluding carboxylic acids is 1. The van der Waals surface area contributed by atoms with Gasteiger partial charge in [-0.25, -0.2) is 4.98 Å². The lowest BCUT2D eigenvalue weighted by Crippen LogP contribution is -2.48. The molecule has 1 aliphatic rings. The summed E-state index contributed by atoms with van der Waals surface area (Å²) in [5, 5.41) is 10.9. The van der Waals surface area contributed by atoms with Gasteiger partial charge in [-0.05, 0) is 6.07 Å². The Morgan fingerprint density at radius 3 is 2.22 bits per heavy atom. The molecule has 0 aliphatic carbocycles. The van der Waals surface area contributed by atoms with Crippen LogP contribution in [0.4, 0.5) is 11.5 Å². The summed E-state index contributed by atoms with van der Waals surface area (Å²) in [6, 6.07) is 2.99. The van der Waals surface area contributed by atoms with Gasteiger partial charge >= 0.3 is 5.69 Å². The van der Waals surface area contributed by atoms with E-state index >= 15 is 0 Å². The maximum absolute atomic E-state index is 11.2. The first-order chi connectivity index (χ1) is 11.0. The molecule has 0 N–H and O–H groups in total. The van der Waals surface area contributed by atoms with Gasteiger partial charge in [0.05, 0.1) is 4.92 Å². The largest absolute Gasteiger partial charge is 0.347 e. The summed E-state index contributed by atoms with van der Waals surface area (Å²) in [6.07, 6.45) is 2.79. The van der Waals surface area contributed by atoms with Crippen molar-refractivity contribution in [2.75, 3.05) is 31.1 Å². The summed E-state index contributed by atoms with van der Waals surface area (Å²) >= 11 is 0. The normalized spacial score (nSPS) is 13.3. The topological polar surface area (TPSA) is 79.6 Å². The molecule has 7 nitrogen and oxygen atoms in total. The Kier molecular flexibility index (Phi) is 10.3. The molecule has 2 heterocycles. The van der Waals surface area contributed by atoms with Crippen LogP contribution in [0.5, 0.6) is 0 Å². The second kappa shape index (κ2) is 11.4. The van der Waals surface area contributed by atoms with E-state index in [0.717, 1.165) is 0 Å². The predicted octanol–water partition coefficient (Wildman–Crippen LogP) is 3.10. The molecule has 0 spiro atoms. The molecule has 130 valence electrons. The third kappa shape index (κ3) is 6.63. The zero-order chi connectivity index (χ0) is 17.8. The standard InChI is InChI=1S/C11H14N4O3.C3H8.C2H6/c1-9(16)13-5-7-14(8-6-13)11-10(15(17)18)3-2-4-12-11;1-3-2;1-2/h2-4H,5-8H2,1H3;3H2,1-2H3;1-2H3. The van der Waals surface area contributed by atoms with Crippen LogP contribution < -0.4 is 4.90 Å². The van der Waals surface area contributed by atoms with Crippen LogP contribution in [0.2, 0.25) is 0 Å². The number of anilines is 1. The highest BCUT2D eigenvalue weighted by Crippen LogP contribution is 2.25. The van der Waals surface area contributed by atoms with E-state index in [-0.39, 0.29) is 11.6 Å². The van der Waals surface area contributed by atoms with Gasteiger partial charge in [0.1, 0.15) is 0 Å². The number of piperazine rings is 1. The monoisotopic (exact) mass is 324 g/mol. The molecule has 0 saturated carbocycles. The highest BCUT2D eigenvalue weighted by Gasteiger charge is 2.25. The SMILES string of the molecule is CC.CC(=O)N1CCN(c2ncccc2[N+](=O)[O-])CC1.CCC. The van der Waals surface area contributed by atoms with Crippen molar-refractivity contribution in [3.05, 3.63) is 28.4 Å². The lowest BCUT2D eigenvalue weighted by molar-refractivity contribution is -0.384. The molecule has 0 atom stereocenters. The zero-order valence-electron chi connectivity index (χ0n) is 14.8. The van der Waals surface area contributed by atoms with E-state index in [1.54, 1.807) is 17.2 Å². The Morgan fingerprint density at radius 1 is 1.26 bits per heavy atom. The summed E-state index contributed by atoms with van der Waals surface area (Å²) in [5.41, 5.74) is 0.00813. The van der Waals surface area contributed by atoms with Crippen molar-refractivity contribution in [2.45, 2.75) is 41.0 Å². The number of hydrogen-bond acceptors (Lipinski definition) is 5. The van der Waals surface area contributed by atoms with Crippen LogP contribution >= 0.6 is 0 Å². The number of hydrogen-bond donors (Lipinski definition) is 0. The average Bonchev–Trinajstić information content (AvgIpc) is 2.57. The molecule has 1 amide bonds. The Morgan fingerprint density at radius 2 is 1.78 bits per heavy atom. The van der Waals surface area contributed by atoms with Crippen LogP contribution in [0.25, 0.3) is 0 Å². The van der Waals surface area contributed by atoms with E-state index in [1.807, 2.05) is 18.7 Å². The minimum Gasteiger partial charge on any atom is -0.347 e. The summed E-state index contributed by atoms with van der Waals surface area (Å²) in [4.78, 5) is 29.3. The van der Waals surface area contributed by atoms with Gasteiger partial charge in [-0.2, -0.15) is 0 Å². The fourth-order valence-electron chi connectivity index (χ4n) is 2.01. The molecule has 2 rings (SSSR count).